The van der Waals surface area contributed by atoms with E-state index < -0.39 is 10.0 Å². The lowest BCUT2D eigenvalue weighted by atomic mass is 9.67. The summed E-state index contributed by atoms with van der Waals surface area (Å²) in [7, 11) is -3.54. The first kappa shape index (κ1) is 22.1. The Morgan fingerprint density at radius 3 is 2.19 bits per heavy atom. The number of fused-ring (bicyclic) bond motifs is 2. The number of nitrogens with one attached hydrogen (secondary N) is 2. The lowest BCUT2D eigenvalue weighted by Gasteiger charge is -2.45. The predicted octanol–water partition coefficient (Wildman–Crippen LogP) is 2.43. The first-order chi connectivity index (χ1) is 12.3. The summed E-state index contributed by atoms with van der Waals surface area (Å²) in [6, 6.07) is 6.37. The van der Waals surface area contributed by atoms with E-state index in [1.54, 1.807) is 26.0 Å². The molecule has 0 saturated heterocycles. The molecule has 1 aromatic rings. The molecule has 0 heterocycles. The molecule has 0 aliphatic heterocycles. The van der Waals surface area contributed by atoms with Crippen LogP contribution in [0.2, 0.25) is 0 Å². The predicted molar refractivity (Wildman–Crippen MR) is 108 cm³/mol. The normalized spacial score (nSPS) is 27.7. The molecule has 0 aromatic heterocycles. The Bertz CT molecular complexity index is 738. The average Bonchev–Trinajstić information content (AvgIpc) is 2.54. The zero-order valence-corrected chi connectivity index (χ0v) is 17.5. The maximum Gasteiger partial charge on any atom is 0.251 e. The van der Waals surface area contributed by atoms with Crippen molar-refractivity contribution in [3.05, 3.63) is 29.8 Å². The van der Waals surface area contributed by atoms with Gasteiger partial charge in [0, 0.05) is 23.7 Å². The van der Waals surface area contributed by atoms with Crippen LogP contribution in [-0.2, 0) is 10.0 Å². The summed E-state index contributed by atoms with van der Waals surface area (Å²) in [6.45, 7) is 3.54. The summed E-state index contributed by atoms with van der Waals surface area (Å²) >= 11 is 0. The topological polar surface area (TPSA) is 101 Å². The molecular formula is C19H30ClN3O3S. The molecule has 2 aliphatic carbocycles. The number of hydrogen-bond acceptors (Lipinski definition) is 4. The Kier molecular flexibility index (Phi) is 7.30. The SMILES string of the molecule is CC(C)NS(=O)(=O)c1ccc(C(=O)NC2C3CCCC2CC(N)C3)cc1.Cl. The highest BCUT2D eigenvalue weighted by atomic mass is 35.5. The minimum absolute atomic E-state index is 0. The van der Waals surface area contributed by atoms with Crippen LogP contribution in [0.1, 0.15) is 56.3 Å². The van der Waals surface area contributed by atoms with Crippen molar-refractivity contribution in [2.24, 2.45) is 17.6 Å². The Hall–Kier alpha value is -1.15. The maximum absolute atomic E-state index is 12.7. The third kappa shape index (κ3) is 5.22. The monoisotopic (exact) mass is 415 g/mol. The van der Waals surface area contributed by atoms with Crippen molar-refractivity contribution in [1.29, 1.82) is 0 Å². The highest BCUT2D eigenvalue weighted by Gasteiger charge is 2.39. The van der Waals surface area contributed by atoms with Gasteiger partial charge in [-0.05, 0) is 75.6 Å². The quantitative estimate of drug-likeness (QED) is 0.687. The van der Waals surface area contributed by atoms with Crippen LogP contribution in [0, 0.1) is 11.8 Å². The van der Waals surface area contributed by atoms with E-state index in [1.807, 2.05) is 0 Å². The molecule has 2 atom stereocenters. The molecule has 4 N–H and O–H groups in total. The standard InChI is InChI=1S/C19H29N3O3S.ClH/c1-12(2)22-26(24,25)17-8-6-13(7-9-17)19(23)21-18-14-4-3-5-15(18)11-16(20)10-14;/h6-9,12,14-16,18,22H,3-5,10-11,20H2,1-2H3,(H,21,23);1H. The Labute approximate surface area is 168 Å². The van der Waals surface area contributed by atoms with Gasteiger partial charge in [-0.25, -0.2) is 13.1 Å². The van der Waals surface area contributed by atoms with E-state index in [4.69, 9.17) is 5.73 Å². The smallest absolute Gasteiger partial charge is 0.251 e. The fourth-order valence-corrected chi connectivity index (χ4v) is 5.67. The summed E-state index contributed by atoms with van der Waals surface area (Å²) < 4.78 is 26.9. The third-order valence-electron chi connectivity index (χ3n) is 5.49. The van der Waals surface area contributed by atoms with Gasteiger partial charge in [0.2, 0.25) is 10.0 Å². The molecule has 1 amide bonds. The fraction of sp³-hybridized carbons (Fsp3) is 0.632. The molecule has 2 unspecified atom stereocenters. The van der Waals surface area contributed by atoms with Gasteiger partial charge in [-0.2, -0.15) is 0 Å². The molecule has 3 rings (SSSR count). The lowest BCUT2D eigenvalue weighted by molar-refractivity contribution is 0.0756. The highest BCUT2D eigenvalue weighted by molar-refractivity contribution is 7.89. The van der Waals surface area contributed by atoms with Gasteiger partial charge >= 0.3 is 0 Å². The second-order valence-corrected chi connectivity index (χ2v) is 9.70. The molecule has 1 aromatic carbocycles. The van der Waals surface area contributed by atoms with Crippen LogP contribution in [0.5, 0.6) is 0 Å². The van der Waals surface area contributed by atoms with E-state index in [0.717, 1.165) is 25.7 Å². The van der Waals surface area contributed by atoms with E-state index in [2.05, 4.69) is 10.0 Å². The molecule has 8 heteroatoms. The lowest BCUT2D eigenvalue weighted by Crippen LogP contribution is -2.53. The van der Waals surface area contributed by atoms with Crippen molar-refractivity contribution < 1.29 is 13.2 Å². The maximum atomic E-state index is 12.7. The van der Waals surface area contributed by atoms with E-state index in [-0.39, 0.29) is 41.3 Å². The Balaban J connectivity index is 0.00000261. The summed E-state index contributed by atoms with van der Waals surface area (Å²) in [5.41, 5.74) is 6.63. The molecule has 27 heavy (non-hydrogen) atoms. The fourth-order valence-electron chi connectivity index (χ4n) is 4.42. The number of nitrogens with two attached hydrogens (primary N) is 1. The van der Waals surface area contributed by atoms with Gasteiger partial charge in [-0.3, -0.25) is 4.79 Å². The Morgan fingerprint density at radius 2 is 1.67 bits per heavy atom. The van der Waals surface area contributed by atoms with Crippen LogP contribution >= 0.6 is 12.4 Å². The molecule has 0 spiro atoms. The van der Waals surface area contributed by atoms with Gasteiger partial charge in [0.05, 0.1) is 4.90 Å². The van der Waals surface area contributed by atoms with Crippen LogP contribution in [0.3, 0.4) is 0 Å². The van der Waals surface area contributed by atoms with Gasteiger partial charge in [-0.1, -0.05) is 6.42 Å². The van der Waals surface area contributed by atoms with Crippen LogP contribution < -0.4 is 15.8 Å². The van der Waals surface area contributed by atoms with E-state index in [1.165, 1.54) is 18.6 Å². The minimum Gasteiger partial charge on any atom is -0.349 e. The second kappa shape index (κ2) is 8.90. The van der Waals surface area contributed by atoms with Crippen LogP contribution in [0.4, 0.5) is 0 Å². The van der Waals surface area contributed by atoms with E-state index in [9.17, 15) is 13.2 Å². The number of amides is 1. The van der Waals surface area contributed by atoms with Crippen LogP contribution in [-0.4, -0.2) is 32.5 Å². The van der Waals surface area contributed by atoms with Gasteiger partial charge in [0.1, 0.15) is 0 Å². The van der Waals surface area contributed by atoms with Gasteiger partial charge in [-0.15, -0.1) is 12.4 Å². The van der Waals surface area contributed by atoms with Crippen LogP contribution in [0.25, 0.3) is 0 Å². The molecule has 2 fully saturated rings. The number of hydrogen-bond donors (Lipinski definition) is 3. The number of carbonyl (C=O) groups excluding carboxylic acids is 1. The summed E-state index contributed by atoms with van der Waals surface area (Å²) in [4.78, 5) is 12.8. The number of carbonyl (C=O) groups is 1. The summed E-state index contributed by atoms with van der Waals surface area (Å²) in [5.74, 6) is 0.774. The van der Waals surface area contributed by atoms with E-state index >= 15 is 0 Å². The first-order valence-electron chi connectivity index (χ1n) is 9.45. The second-order valence-electron chi connectivity index (χ2n) is 7.98. The van der Waals surface area contributed by atoms with Crippen molar-refractivity contribution in [1.82, 2.24) is 10.0 Å². The van der Waals surface area contributed by atoms with Crippen molar-refractivity contribution in [2.45, 2.75) is 69.0 Å². The van der Waals surface area contributed by atoms with Gasteiger partial charge < -0.3 is 11.1 Å². The summed E-state index contributed by atoms with van der Waals surface area (Å²) in [5, 5.41) is 3.19. The number of sulfonamides is 1. The molecule has 2 bridgehead atoms. The molecular weight excluding hydrogens is 386 g/mol. The van der Waals surface area contributed by atoms with Gasteiger partial charge in [0.25, 0.3) is 5.91 Å². The number of halogens is 1. The zero-order chi connectivity index (χ0) is 18.9. The molecule has 2 aliphatic rings. The summed E-state index contributed by atoms with van der Waals surface area (Å²) in [6.07, 6.45) is 5.39. The largest absolute Gasteiger partial charge is 0.349 e. The van der Waals surface area contributed by atoms with Crippen molar-refractivity contribution in [3.63, 3.8) is 0 Å². The highest BCUT2D eigenvalue weighted by Crippen LogP contribution is 2.39. The van der Waals surface area contributed by atoms with E-state index in [0.29, 0.717) is 17.4 Å². The zero-order valence-electron chi connectivity index (χ0n) is 15.9. The average molecular weight is 416 g/mol. The van der Waals surface area contributed by atoms with Crippen molar-refractivity contribution in [3.8, 4) is 0 Å². The molecule has 0 radical (unpaired) electrons. The minimum atomic E-state index is -3.54. The van der Waals surface area contributed by atoms with Crippen molar-refractivity contribution in [2.75, 3.05) is 0 Å². The molecule has 6 nitrogen and oxygen atoms in total. The van der Waals surface area contributed by atoms with Crippen LogP contribution in [0.15, 0.2) is 29.2 Å². The third-order valence-corrected chi connectivity index (χ3v) is 7.17. The molecule has 2 saturated carbocycles. The first-order valence-corrected chi connectivity index (χ1v) is 10.9. The number of benzene rings is 1. The Morgan fingerprint density at radius 1 is 1.11 bits per heavy atom. The van der Waals surface area contributed by atoms with Gasteiger partial charge in [0.15, 0.2) is 0 Å². The number of rotatable bonds is 5. The van der Waals surface area contributed by atoms with Crippen molar-refractivity contribution >= 4 is 28.3 Å². The molecule has 152 valence electrons.